The second-order valence-corrected chi connectivity index (χ2v) is 6.54. The Morgan fingerprint density at radius 2 is 2.05 bits per heavy atom. The van der Waals surface area contributed by atoms with E-state index in [2.05, 4.69) is 5.32 Å². The predicted octanol–water partition coefficient (Wildman–Crippen LogP) is 1.23. The predicted molar refractivity (Wildman–Crippen MR) is 75.6 cm³/mol. The second-order valence-electron chi connectivity index (χ2n) is 4.06. The molecule has 0 heterocycles. The lowest BCUT2D eigenvalue weighted by Gasteiger charge is -2.14. The largest absolute Gasteiger partial charge is 0.493 e. The van der Waals surface area contributed by atoms with E-state index in [1.54, 1.807) is 20.1 Å². The number of hydrogen-bond donors (Lipinski definition) is 1. The molecule has 1 aromatic rings. The number of sulfone groups is 1. The Balaban J connectivity index is 2.80. The van der Waals surface area contributed by atoms with Gasteiger partial charge in [-0.2, -0.15) is 0 Å². The van der Waals surface area contributed by atoms with Gasteiger partial charge in [0, 0.05) is 17.9 Å². The third-order valence-corrected chi connectivity index (χ3v) is 4.40. The number of rotatable bonds is 8. The van der Waals surface area contributed by atoms with Gasteiger partial charge in [-0.1, -0.05) is 19.1 Å². The van der Waals surface area contributed by atoms with Gasteiger partial charge in [-0.25, -0.2) is 8.42 Å². The molecular formula is C13H21NO4S. The van der Waals surface area contributed by atoms with Crippen LogP contribution in [0.3, 0.4) is 0 Å². The minimum Gasteiger partial charge on any atom is -0.493 e. The Morgan fingerprint density at radius 3 is 2.63 bits per heavy atom. The second kappa shape index (κ2) is 7.35. The van der Waals surface area contributed by atoms with Gasteiger partial charge in [-0.3, -0.25) is 0 Å². The number of methoxy groups -OCH3 is 1. The van der Waals surface area contributed by atoms with Crippen LogP contribution in [0.1, 0.15) is 12.5 Å². The lowest BCUT2D eigenvalue weighted by molar-refractivity contribution is 0.308. The summed E-state index contributed by atoms with van der Waals surface area (Å²) < 4.78 is 33.7. The molecule has 1 N–H and O–H groups in total. The van der Waals surface area contributed by atoms with Gasteiger partial charge in [0.15, 0.2) is 21.3 Å². The van der Waals surface area contributed by atoms with Crippen molar-refractivity contribution in [3.63, 3.8) is 0 Å². The molecule has 1 rings (SSSR count). The molecule has 19 heavy (non-hydrogen) atoms. The fourth-order valence-electron chi connectivity index (χ4n) is 1.63. The Kier molecular flexibility index (Phi) is 6.11. The minimum atomic E-state index is -3.02. The first-order valence-electron chi connectivity index (χ1n) is 6.17. The maximum absolute atomic E-state index is 11.4. The summed E-state index contributed by atoms with van der Waals surface area (Å²) in [5.74, 6) is 1.36. The van der Waals surface area contributed by atoms with Crippen LogP contribution in [0.5, 0.6) is 11.5 Å². The fraction of sp³-hybridized carbons (Fsp3) is 0.538. The SMILES string of the molecule is CCS(=O)(=O)CCOc1c(CNC)cccc1OC. The summed E-state index contributed by atoms with van der Waals surface area (Å²) in [4.78, 5) is 0. The van der Waals surface area contributed by atoms with E-state index in [9.17, 15) is 8.42 Å². The molecule has 0 aromatic heterocycles. The van der Waals surface area contributed by atoms with Crippen molar-refractivity contribution < 1.29 is 17.9 Å². The number of hydrogen-bond acceptors (Lipinski definition) is 5. The van der Waals surface area contributed by atoms with Crippen LogP contribution in [-0.4, -0.2) is 40.7 Å². The van der Waals surface area contributed by atoms with E-state index in [-0.39, 0.29) is 18.1 Å². The van der Waals surface area contributed by atoms with Crippen molar-refractivity contribution in [3.05, 3.63) is 23.8 Å². The van der Waals surface area contributed by atoms with Gasteiger partial charge in [0.1, 0.15) is 6.61 Å². The van der Waals surface area contributed by atoms with Crippen LogP contribution in [0.4, 0.5) is 0 Å². The first-order valence-corrected chi connectivity index (χ1v) is 8.00. The molecule has 0 atom stereocenters. The molecule has 0 fully saturated rings. The Labute approximate surface area is 114 Å². The molecule has 0 radical (unpaired) electrons. The molecule has 1 aromatic carbocycles. The van der Waals surface area contributed by atoms with Crippen LogP contribution in [0.15, 0.2) is 18.2 Å². The van der Waals surface area contributed by atoms with Crippen molar-refractivity contribution in [3.8, 4) is 11.5 Å². The molecular weight excluding hydrogens is 266 g/mol. The fourth-order valence-corrected chi connectivity index (χ4v) is 2.26. The smallest absolute Gasteiger partial charge is 0.165 e. The summed E-state index contributed by atoms with van der Waals surface area (Å²) in [5.41, 5.74) is 0.941. The summed E-state index contributed by atoms with van der Waals surface area (Å²) in [6, 6.07) is 5.59. The van der Waals surface area contributed by atoms with Crippen molar-refractivity contribution in [2.75, 3.05) is 32.3 Å². The van der Waals surface area contributed by atoms with E-state index < -0.39 is 9.84 Å². The Hall–Kier alpha value is -1.27. The van der Waals surface area contributed by atoms with Crippen LogP contribution in [0.2, 0.25) is 0 Å². The van der Waals surface area contributed by atoms with Gasteiger partial charge in [0.05, 0.1) is 12.9 Å². The summed E-state index contributed by atoms with van der Waals surface area (Å²) in [5, 5.41) is 3.04. The molecule has 6 heteroatoms. The third kappa shape index (κ3) is 4.72. The first kappa shape index (κ1) is 15.8. The standard InChI is InChI=1S/C13H21NO4S/c1-4-19(15,16)9-8-18-13-11(10-14-2)6-5-7-12(13)17-3/h5-7,14H,4,8-10H2,1-3H3. The summed E-state index contributed by atoms with van der Waals surface area (Å²) >= 11 is 0. The maximum atomic E-state index is 11.4. The highest BCUT2D eigenvalue weighted by Crippen LogP contribution is 2.30. The average Bonchev–Trinajstić information content (AvgIpc) is 2.40. The van der Waals surface area contributed by atoms with Crippen LogP contribution < -0.4 is 14.8 Å². The lowest BCUT2D eigenvalue weighted by Crippen LogP contribution is -2.17. The van der Waals surface area contributed by atoms with Gasteiger partial charge in [0.25, 0.3) is 0 Å². The number of benzene rings is 1. The third-order valence-electron chi connectivity index (χ3n) is 2.73. The van der Waals surface area contributed by atoms with Gasteiger partial charge >= 0.3 is 0 Å². The molecule has 0 saturated carbocycles. The minimum absolute atomic E-state index is 0.0144. The summed E-state index contributed by atoms with van der Waals surface area (Å²) in [6.45, 7) is 2.39. The van der Waals surface area contributed by atoms with E-state index in [0.717, 1.165) is 5.56 Å². The molecule has 0 amide bonds. The van der Waals surface area contributed by atoms with Crippen molar-refractivity contribution >= 4 is 9.84 Å². The van der Waals surface area contributed by atoms with Gasteiger partial charge in [0.2, 0.25) is 0 Å². The quantitative estimate of drug-likeness (QED) is 0.779. The molecule has 0 unspecified atom stereocenters. The zero-order valence-electron chi connectivity index (χ0n) is 11.6. The first-order chi connectivity index (χ1) is 9.04. The average molecular weight is 287 g/mol. The van der Waals surface area contributed by atoms with Gasteiger partial charge in [-0.05, 0) is 13.1 Å². The summed E-state index contributed by atoms with van der Waals surface area (Å²) in [7, 11) is 0.386. The highest BCUT2D eigenvalue weighted by atomic mass is 32.2. The normalized spacial score (nSPS) is 11.3. The molecule has 0 aliphatic carbocycles. The number of para-hydroxylation sites is 1. The van der Waals surface area contributed by atoms with E-state index in [0.29, 0.717) is 18.0 Å². The lowest BCUT2D eigenvalue weighted by atomic mass is 10.2. The maximum Gasteiger partial charge on any atom is 0.165 e. The summed E-state index contributed by atoms with van der Waals surface area (Å²) in [6.07, 6.45) is 0. The molecule has 0 spiro atoms. The molecule has 0 aliphatic heterocycles. The highest BCUT2D eigenvalue weighted by molar-refractivity contribution is 7.91. The monoisotopic (exact) mass is 287 g/mol. The van der Waals surface area contributed by atoms with E-state index in [1.807, 2.05) is 19.2 Å². The zero-order valence-corrected chi connectivity index (χ0v) is 12.4. The molecule has 0 saturated heterocycles. The molecule has 108 valence electrons. The van der Waals surface area contributed by atoms with Crippen molar-refractivity contribution in [2.24, 2.45) is 0 Å². The van der Waals surface area contributed by atoms with Crippen LogP contribution in [0, 0.1) is 0 Å². The molecule has 0 bridgehead atoms. The van der Waals surface area contributed by atoms with Gasteiger partial charge in [-0.15, -0.1) is 0 Å². The highest BCUT2D eigenvalue weighted by Gasteiger charge is 2.12. The van der Waals surface area contributed by atoms with Crippen LogP contribution in [-0.2, 0) is 16.4 Å². The van der Waals surface area contributed by atoms with E-state index >= 15 is 0 Å². The van der Waals surface area contributed by atoms with Crippen molar-refractivity contribution in [1.82, 2.24) is 5.32 Å². The molecule has 0 aliphatic rings. The Bertz CT molecular complexity index is 499. The van der Waals surface area contributed by atoms with Crippen molar-refractivity contribution in [2.45, 2.75) is 13.5 Å². The number of nitrogens with one attached hydrogen (secondary N) is 1. The van der Waals surface area contributed by atoms with Crippen molar-refractivity contribution in [1.29, 1.82) is 0 Å². The van der Waals surface area contributed by atoms with E-state index in [4.69, 9.17) is 9.47 Å². The van der Waals surface area contributed by atoms with E-state index in [1.165, 1.54) is 0 Å². The topological polar surface area (TPSA) is 64.6 Å². The van der Waals surface area contributed by atoms with Crippen LogP contribution >= 0.6 is 0 Å². The van der Waals surface area contributed by atoms with Gasteiger partial charge < -0.3 is 14.8 Å². The van der Waals surface area contributed by atoms with Crippen LogP contribution in [0.25, 0.3) is 0 Å². The number of ether oxygens (including phenoxy) is 2. The molecule has 5 nitrogen and oxygen atoms in total. The Morgan fingerprint density at radius 1 is 1.32 bits per heavy atom. The zero-order chi connectivity index (χ0) is 14.3.